The number of carbonyl (C=O) groups excluding carboxylic acids is 3. The number of amides is 5. The molecule has 2 fully saturated rings. The first-order chi connectivity index (χ1) is 11.9. The Balaban J connectivity index is 1.58. The van der Waals surface area contributed by atoms with Crippen molar-refractivity contribution in [2.24, 2.45) is 5.92 Å². The van der Waals surface area contributed by atoms with Crippen LogP contribution in [0.25, 0.3) is 0 Å². The molecule has 7 nitrogen and oxygen atoms in total. The number of hydrogen-bond donors (Lipinski definition) is 3. The van der Waals surface area contributed by atoms with Gasteiger partial charge in [0.15, 0.2) is 0 Å². The van der Waals surface area contributed by atoms with E-state index < -0.39 is 12.1 Å². The summed E-state index contributed by atoms with van der Waals surface area (Å²) in [6, 6.07) is 6.52. The number of anilines is 1. The lowest BCUT2D eigenvalue weighted by atomic mass is 9.92. The topological polar surface area (TPSA) is 90.5 Å². The molecule has 134 valence electrons. The van der Waals surface area contributed by atoms with Crippen molar-refractivity contribution in [1.82, 2.24) is 15.5 Å². The van der Waals surface area contributed by atoms with Crippen LogP contribution < -0.4 is 16.0 Å². The zero-order chi connectivity index (χ0) is 18.0. The lowest BCUT2D eigenvalue weighted by Crippen LogP contribution is -2.47. The van der Waals surface area contributed by atoms with Crippen molar-refractivity contribution < 1.29 is 14.4 Å². The third-order valence-electron chi connectivity index (χ3n) is 5.14. The van der Waals surface area contributed by atoms with Crippen LogP contribution in [-0.2, 0) is 11.2 Å². The third kappa shape index (κ3) is 3.92. The van der Waals surface area contributed by atoms with Gasteiger partial charge >= 0.3 is 12.1 Å². The fourth-order valence-electron chi connectivity index (χ4n) is 3.38. The molecule has 2 aliphatic heterocycles. The van der Waals surface area contributed by atoms with Gasteiger partial charge < -0.3 is 15.5 Å². The predicted octanol–water partition coefficient (Wildman–Crippen LogP) is 2.09. The van der Waals surface area contributed by atoms with Gasteiger partial charge in [-0.05, 0) is 43.4 Å². The SMILES string of the molecule is CC1CCCN(C(=O)Nc2ccc(CC3NC(=O)NC3=O)cc2)C1C. The third-order valence-corrected chi connectivity index (χ3v) is 5.14. The number of nitrogens with zero attached hydrogens (tertiary/aromatic N) is 1. The Morgan fingerprint density at radius 1 is 1.24 bits per heavy atom. The maximum atomic E-state index is 12.5. The van der Waals surface area contributed by atoms with Crippen LogP contribution >= 0.6 is 0 Å². The van der Waals surface area contributed by atoms with Crippen molar-refractivity contribution >= 4 is 23.7 Å². The maximum absolute atomic E-state index is 12.5. The quantitative estimate of drug-likeness (QED) is 0.733. The highest BCUT2D eigenvalue weighted by Crippen LogP contribution is 2.23. The zero-order valence-corrected chi connectivity index (χ0v) is 14.5. The summed E-state index contributed by atoms with van der Waals surface area (Å²) in [5, 5.41) is 7.73. The van der Waals surface area contributed by atoms with Crippen LogP contribution in [0.15, 0.2) is 24.3 Å². The number of imide groups is 1. The Morgan fingerprint density at radius 3 is 2.60 bits per heavy atom. The fourth-order valence-corrected chi connectivity index (χ4v) is 3.38. The molecular weight excluding hydrogens is 320 g/mol. The molecule has 0 bridgehead atoms. The first kappa shape index (κ1) is 17.3. The van der Waals surface area contributed by atoms with Crippen molar-refractivity contribution in [1.29, 1.82) is 0 Å². The number of carbonyl (C=O) groups is 3. The molecule has 7 heteroatoms. The minimum absolute atomic E-state index is 0.0748. The predicted molar refractivity (Wildman–Crippen MR) is 94.2 cm³/mol. The summed E-state index contributed by atoms with van der Waals surface area (Å²) in [7, 11) is 0. The molecule has 25 heavy (non-hydrogen) atoms. The summed E-state index contributed by atoms with van der Waals surface area (Å²) in [6.45, 7) is 5.05. The summed E-state index contributed by atoms with van der Waals surface area (Å²) in [6.07, 6.45) is 2.62. The van der Waals surface area contributed by atoms with Gasteiger partial charge in [-0.25, -0.2) is 9.59 Å². The molecule has 3 rings (SSSR count). The molecule has 2 heterocycles. The maximum Gasteiger partial charge on any atom is 0.322 e. The van der Waals surface area contributed by atoms with Crippen molar-refractivity contribution in [3.8, 4) is 0 Å². The lowest BCUT2D eigenvalue weighted by Gasteiger charge is -2.37. The normalized spacial score (nSPS) is 26.2. The van der Waals surface area contributed by atoms with Crippen LogP contribution in [0.1, 0.15) is 32.3 Å². The first-order valence-electron chi connectivity index (χ1n) is 8.72. The Morgan fingerprint density at radius 2 is 1.96 bits per heavy atom. The number of likely N-dealkylation sites (tertiary alicyclic amines) is 1. The van der Waals surface area contributed by atoms with Crippen LogP contribution in [-0.4, -0.2) is 41.5 Å². The van der Waals surface area contributed by atoms with E-state index in [1.54, 1.807) is 0 Å². The molecule has 3 N–H and O–H groups in total. The molecule has 0 aromatic heterocycles. The molecule has 0 saturated carbocycles. The Bertz CT molecular complexity index is 673. The number of piperidine rings is 1. The molecule has 3 unspecified atom stereocenters. The number of urea groups is 2. The van der Waals surface area contributed by atoms with Crippen molar-refractivity contribution in [3.63, 3.8) is 0 Å². The van der Waals surface area contributed by atoms with Gasteiger partial charge in [0.05, 0.1) is 0 Å². The Kier molecular flexibility index (Phi) is 4.92. The van der Waals surface area contributed by atoms with Gasteiger partial charge in [-0.3, -0.25) is 10.1 Å². The van der Waals surface area contributed by atoms with Gasteiger partial charge in [-0.2, -0.15) is 0 Å². The Hall–Kier alpha value is -2.57. The second-order valence-electron chi connectivity index (χ2n) is 6.90. The highest BCUT2D eigenvalue weighted by Gasteiger charge is 2.30. The van der Waals surface area contributed by atoms with Gasteiger partial charge in [-0.1, -0.05) is 19.1 Å². The number of hydrogen-bond acceptors (Lipinski definition) is 3. The Labute approximate surface area is 147 Å². The van der Waals surface area contributed by atoms with Crippen LogP contribution in [0.4, 0.5) is 15.3 Å². The van der Waals surface area contributed by atoms with E-state index in [4.69, 9.17) is 0 Å². The smallest absolute Gasteiger partial charge is 0.322 e. The highest BCUT2D eigenvalue weighted by molar-refractivity contribution is 6.04. The molecule has 1 aromatic carbocycles. The zero-order valence-electron chi connectivity index (χ0n) is 14.5. The van der Waals surface area contributed by atoms with E-state index in [1.807, 2.05) is 29.2 Å². The largest absolute Gasteiger partial charge is 0.326 e. The highest BCUT2D eigenvalue weighted by atomic mass is 16.2. The van der Waals surface area contributed by atoms with Crippen LogP contribution in [0.3, 0.4) is 0 Å². The monoisotopic (exact) mass is 344 g/mol. The van der Waals surface area contributed by atoms with Gasteiger partial charge in [-0.15, -0.1) is 0 Å². The van der Waals surface area contributed by atoms with Crippen LogP contribution in [0, 0.1) is 5.92 Å². The summed E-state index contributed by atoms with van der Waals surface area (Å²) in [5.74, 6) is 0.199. The summed E-state index contributed by atoms with van der Waals surface area (Å²) in [5.41, 5.74) is 1.64. The average Bonchev–Trinajstić information content (AvgIpc) is 2.89. The van der Waals surface area contributed by atoms with E-state index in [2.05, 4.69) is 29.8 Å². The van der Waals surface area contributed by atoms with Crippen molar-refractivity contribution in [2.75, 3.05) is 11.9 Å². The van der Waals surface area contributed by atoms with Gasteiger partial charge in [0, 0.05) is 24.7 Å². The second-order valence-corrected chi connectivity index (χ2v) is 6.90. The van der Waals surface area contributed by atoms with Crippen molar-refractivity contribution in [2.45, 2.75) is 45.2 Å². The number of nitrogens with one attached hydrogen (secondary N) is 3. The van der Waals surface area contributed by atoms with Gasteiger partial charge in [0.1, 0.15) is 6.04 Å². The van der Waals surface area contributed by atoms with E-state index in [9.17, 15) is 14.4 Å². The second kappa shape index (κ2) is 7.13. The summed E-state index contributed by atoms with van der Waals surface area (Å²) in [4.78, 5) is 37.1. The minimum Gasteiger partial charge on any atom is -0.326 e. The summed E-state index contributed by atoms with van der Waals surface area (Å²) < 4.78 is 0. The molecule has 0 spiro atoms. The van der Waals surface area contributed by atoms with E-state index in [0.29, 0.717) is 12.3 Å². The van der Waals surface area contributed by atoms with Gasteiger partial charge in [0.2, 0.25) is 0 Å². The van der Waals surface area contributed by atoms with Gasteiger partial charge in [0.25, 0.3) is 5.91 Å². The standard InChI is InChI=1S/C18H24N4O3/c1-11-4-3-9-22(12(11)2)18(25)19-14-7-5-13(6-8-14)10-15-16(23)21-17(24)20-15/h5-8,11-12,15H,3-4,9-10H2,1-2H3,(H,19,25)(H2,20,21,23,24). The molecule has 2 saturated heterocycles. The average molecular weight is 344 g/mol. The molecule has 3 atom stereocenters. The molecule has 1 aromatic rings. The molecule has 5 amide bonds. The lowest BCUT2D eigenvalue weighted by molar-refractivity contribution is -0.120. The van der Waals surface area contributed by atoms with Crippen LogP contribution in [0.2, 0.25) is 0 Å². The van der Waals surface area contributed by atoms with Crippen LogP contribution in [0.5, 0.6) is 0 Å². The molecule has 0 radical (unpaired) electrons. The molecule has 0 aliphatic carbocycles. The van der Waals surface area contributed by atoms with Crippen molar-refractivity contribution in [3.05, 3.63) is 29.8 Å². The summed E-state index contributed by atoms with van der Waals surface area (Å²) >= 11 is 0. The number of rotatable bonds is 3. The minimum atomic E-state index is -0.538. The van der Waals surface area contributed by atoms with E-state index in [0.717, 1.165) is 30.6 Å². The molecular formula is C18H24N4O3. The molecule has 2 aliphatic rings. The first-order valence-corrected chi connectivity index (χ1v) is 8.72. The van der Waals surface area contributed by atoms with E-state index in [-0.39, 0.29) is 18.0 Å². The van der Waals surface area contributed by atoms with E-state index in [1.165, 1.54) is 0 Å². The van der Waals surface area contributed by atoms with E-state index >= 15 is 0 Å². The number of benzene rings is 1. The fraction of sp³-hybridized carbons (Fsp3) is 0.500.